The summed E-state index contributed by atoms with van der Waals surface area (Å²) in [6.45, 7) is 9.20. The minimum atomic E-state index is 0.0482. The first kappa shape index (κ1) is 24.6. The molecular weight excluding hydrogens is 446 g/mol. The Morgan fingerprint density at radius 1 is 0.694 bits per heavy atom. The quantitative estimate of drug-likeness (QED) is 0.528. The predicted molar refractivity (Wildman–Crippen MR) is 143 cm³/mol. The summed E-state index contributed by atoms with van der Waals surface area (Å²) in [5.41, 5.74) is 4.65. The maximum Gasteiger partial charge on any atom is 0.251 e. The zero-order valence-corrected chi connectivity index (χ0v) is 21.1. The van der Waals surface area contributed by atoms with E-state index in [-0.39, 0.29) is 11.9 Å². The zero-order valence-electron chi connectivity index (χ0n) is 21.1. The van der Waals surface area contributed by atoms with Gasteiger partial charge in [0.15, 0.2) is 0 Å². The molecule has 0 spiro atoms. The molecule has 6 nitrogen and oxygen atoms in total. The lowest BCUT2D eigenvalue weighted by atomic mass is 10.0. The number of aromatic nitrogens is 1. The molecule has 2 fully saturated rings. The average molecular weight is 484 g/mol. The molecule has 36 heavy (non-hydrogen) atoms. The van der Waals surface area contributed by atoms with Gasteiger partial charge >= 0.3 is 0 Å². The smallest absolute Gasteiger partial charge is 0.251 e. The van der Waals surface area contributed by atoms with Crippen molar-refractivity contribution < 1.29 is 4.79 Å². The Balaban J connectivity index is 1.03. The standard InChI is InChI=1S/C30H37N5O/c36-30(32-29-12-15-33(16-13-29)22-25-5-2-1-3-6-25)28-10-8-26(9-11-28)23-34-17-19-35(20-18-34)24-27-7-4-14-31-21-27/h1-11,14,21,29H,12-13,15-20,22-24H2,(H,32,36). The number of carbonyl (C=O) groups is 1. The summed E-state index contributed by atoms with van der Waals surface area (Å²) in [7, 11) is 0. The molecule has 1 amide bonds. The number of likely N-dealkylation sites (tertiary alicyclic amines) is 1. The first-order chi connectivity index (χ1) is 17.7. The van der Waals surface area contributed by atoms with Crippen LogP contribution < -0.4 is 5.32 Å². The van der Waals surface area contributed by atoms with Crippen LogP contribution in [0.25, 0.3) is 0 Å². The van der Waals surface area contributed by atoms with Crippen LogP contribution in [0.4, 0.5) is 0 Å². The van der Waals surface area contributed by atoms with Gasteiger partial charge in [-0.05, 0) is 47.7 Å². The van der Waals surface area contributed by atoms with Crippen molar-refractivity contribution in [1.29, 1.82) is 0 Å². The monoisotopic (exact) mass is 483 g/mol. The highest BCUT2D eigenvalue weighted by Crippen LogP contribution is 2.16. The van der Waals surface area contributed by atoms with Crippen molar-refractivity contribution in [2.75, 3.05) is 39.3 Å². The van der Waals surface area contributed by atoms with Gasteiger partial charge in [0.05, 0.1) is 0 Å². The molecular formula is C30H37N5O. The lowest BCUT2D eigenvalue weighted by Gasteiger charge is -2.34. The number of amides is 1. The van der Waals surface area contributed by atoms with Gasteiger partial charge in [0, 0.05) is 82.9 Å². The van der Waals surface area contributed by atoms with Crippen LogP contribution in [-0.4, -0.2) is 70.9 Å². The molecule has 5 rings (SSSR count). The van der Waals surface area contributed by atoms with Crippen LogP contribution in [0, 0.1) is 0 Å². The number of pyridine rings is 1. The van der Waals surface area contributed by atoms with Gasteiger partial charge in [-0.2, -0.15) is 0 Å². The number of piperazine rings is 1. The molecule has 3 aromatic rings. The van der Waals surface area contributed by atoms with Crippen molar-refractivity contribution in [3.8, 4) is 0 Å². The second-order valence-electron chi connectivity index (χ2n) is 10.1. The Morgan fingerprint density at radius 2 is 1.25 bits per heavy atom. The van der Waals surface area contributed by atoms with Gasteiger partial charge in [0.25, 0.3) is 5.91 Å². The van der Waals surface area contributed by atoms with Crippen LogP contribution in [0.3, 0.4) is 0 Å². The van der Waals surface area contributed by atoms with E-state index in [0.29, 0.717) is 0 Å². The molecule has 0 aliphatic carbocycles. The second-order valence-corrected chi connectivity index (χ2v) is 10.1. The molecule has 188 valence electrons. The van der Waals surface area contributed by atoms with E-state index in [1.807, 2.05) is 30.6 Å². The van der Waals surface area contributed by atoms with Crippen LogP contribution in [0.2, 0.25) is 0 Å². The number of hydrogen-bond donors (Lipinski definition) is 1. The van der Waals surface area contributed by atoms with Gasteiger partial charge in [-0.3, -0.25) is 24.5 Å². The van der Waals surface area contributed by atoms with E-state index in [0.717, 1.165) is 77.3 Å². The lowest BCUT2D eigenvalue weighted by Crippen LogP contribution is -2.45. The van der Waals surface area contributed by atoms with Gasteiger partial charge in [0.1, 0.15) is 0 Å². The number of piperidine rings is 1. The van der Waals surface area contributed by atoms with Crippen molar-refractivity contribution in [2.24, 2.45) is 0 Å². The van der Waals surface area contributed by atoms with Crippen molar-refractivity contribution in [2.45, 2.75) is 38.5 Å². The van der Waals surface area contributed by atoms with Crippen molar-refractivity contribution >= 4 is 5.91 Å². The van der Waals surface area contributed by atoms with E-state index >= 15 is 0 Å². The molecule has 6 heteroatoms. The highest BCUT2D eigenvalue weighted by molar-refractivity contribution is 5.94. The second kappa shape index (κ2) is 12.3. The fourth-order valence-corrected chi connectivity index (χ4v) is 5.22. The molecule has 0 unspecified atom stereocenters. The molecule has 0 bridgehead atoms. The fraction of sp³-hybridized carbons (Fsp3) is 0.400. The normalized spacial score (nSPS) is 18.2. The molecule has 2 aromatic carbocycles. The predicted octanol–water partition coefficient (Wildman–Crippen LogP) is 3.79. The number of nitrogens with zero attached hydrogens (tertiary/aromatic N) is 4. The van der Waals surface area contributed by atoms with Gasteiger partial charge in [-0.25, -0.2) is 0 Å². The van der Waals surface area contributed by atoms with Gasteiger partial charge in [0.2, 0.25) is 0 Å². The Labute approximate surface area is 214 Å². The lowest BCUT2D eigenvalue weighted by molar-refractivity contribution is 0.0909. The van der Waals surface area contributed by atoms with Gasteiger partial charge in [-0.1, -0.05) is 48.5 Å². The molecule has 1 aromatic heterocycles. The average Bonchev–Trinajstić information content (AvgIpc) is 2.92. The SMILES string of the molecule is O=C(NC1CCN(Cc2ccccc2)CC1)c1ccc(CN2CCN(Cc3cccnc3)CC2)cc1. The summed E-state index contributed by atoms with van der Waals surface area (Å²) in [6.07, 6.45) is 5.79. The van der Waals surface area contributed by atoms with Crippen molar-refractivity contribution in [3.63, 3.8) is 0 Å². The highest BCUT2D eigenvalue weighted by atomic mass is 16.1. The molecule has 0 saturated carbocycles. The fourth-order valence-electron chi connectivity index (χ4n) is 5.22. The van der Waals surface area contributed by atoms with E-state index in [4.69, 9.17) is 0 Å². The van der Waals surface area contributed by atoms with Gasteiger partial charge in [-0.15, -0.1) is 0 Å². The number of carbonyl (C=O) groups excluding carboxylic acids is 1. The summed E-state index contributed by atoms with van der Waals surface area (Å²) >= 11 is 0. The zero-order chi connectivity index (χ0) is 24.6. The Kier molecular flexibility index (Phi) is 8.39. The molecule has 0 atom stereocenters. The number of rotatable bonds is 8. The van der Waals surface area contributed by atoms with E-state index in [1.165, 1.54) is 16.7 Å². The molecule has 2 aliphatic rings. The van der Waals surface area contributed by atoms with Gasteiger partial charge < -0.3 is 5.32 Å². The summed E-state index contributed by atoms with van der Waals surface area (Å²) in [6, 6.07) is 23.2. The number of hydrogen-bond acceptors (Lipinski definition) is 5. The Bertz CT molecular complexity index is 1070. The van der Waals surface area contributed by atoms with Crippen LogP contribution in [0.1, 0.15) is 39.9 Å². The summed E-state index contributed by atoms with van der Waals surface area (Å²) in [5, 5.41) is 3.26. The first-order valence-corrected chi connectivity index (χ1v) is 13.2. The molecule has 2 saturated heterocycles. The van der Waals surface area contributed by atoms with Crippen molar-refractivity contribution in [1.82, 2.24) is 25.0 Å². The largest absolute Gasteiger partial charge is 0.349 e. The summed E-state index contributed by atoms with van der Waals surface area (Å²) in [5.74, 6) is 0.0482. The maximum atomic E-state index is 12.8. The maximum absolute atomic E-state index is 12.8. The number of nitrogens with one attached hydrogen (secondary N) is 1. The third kappa shape index (κ3) is 7.00. The third-order valence-electron chi connectivity index (χ3n) is 7.39. The minimum Gasteiger partial charge on any atom is -0.349 e. The van der Waals surface area contributed by atoms with Crippen molar-refractivity contribution in [3.05, 3.63) is 101 Å². The Hall–Kier alpha value is -3.06. The Morgan fingerprint density at radius 3 is 1.86 bits per heavy atom. The van der Waals surface area contributed by atoms with E-state index in [9.17, 15) is 4.79 Å². The van der Waals surface area contributed by atoms with E-state index in [2.05, 4.69) is 73.5 Å². The highest BCUT2D eigenvalue weighted by Gasteiger charge is 2.21. The minimum absolute atomic E-state index is 0.0482. The molecule has 0 radical (unpaired) electrons. The van der Waals surface area contributed by atoms with E-state index < -0.39 is 0 Å². The van der Waals surface area contributed by atoms with Crippen LogP contribution in [-0.2, 0) is 19.6 Å². The molecule has 3 heterocycles. The first-order valence-electron chi connectivity index (χ1n) is 13.2. The third-order valence-corrected chi connectivity index (χ3v) is 7.39. The topological polar surface area (TPSA) is 51.7 Å². The summed E-state index contributed by atoms with van der Waals surface area (Å²) in [4.78, 5) is 24.5. The van der Waals surface area contributed by atoms with Crippen LogP contribution in [0.15, 0.2) is 79.1 Å². The molecule has 1 N–H and O–H groups in total. The molecule has 2 aliphatic heterocycles. The van der Waals surface area contributed by atoms with E-state index in [1.54, 1.807) is 0 Å². The summed E-state index contributed by atoms with van der Waals surface area (Å²) < 4.78 is 0. The van der Waals surface area contributed by atoms with Crippen LogP contribution in [0.5, 0.6) is 0 Å². The number of benzene rings is 2. The van der Waals surface area contributed by atoms with Crippen LogP contribution >= 0.6 is 0 Å².